The number of nitrogens with two attached hydrogens (primary N) is 2. The van der Waals surface area contributed by atoms with E-state index < -0.39 is 73.9 Å². The van der Waals surface area contributed by atoms with Crippen LogP contribution < -0.4 is 11.5 Å². The molecule has 1 rings (SSSR count). The Morgan fingerprint density at radius 1 is 0.868 bits per heavy atom. The fraction of sp³-hybridized carbons (Fsp3) is 0.875. The minimum atomic E-state index is -2.74. The number of hydrogen-bond donors (Lipinski definition) is 11. The molecule has 14 heteroatoms. The minimum absolute atomic E-state index is 0.271. The molecule has 0 aromatic rings. The van der Waals surface area contributed by atoms with Gasteiger partial charge in [0.1, 0.15) is 0 Å². The van der Waals surface area contributed by atoms with Crippen LogP contribution in [0.25, 0.3) is 0 Å². The number of hydrogen-bond acceptors (Lipinski definition) is 11. The van der Waals surface area contributed by atoms with Crippen LogP contribution in [-0.4, -0.2) is 113 Å². The van der Waals surface area contributed by atoms with Gasteiger partial charge < -0.3 is 57.4 Å². The van der Waals surface area contributed by atoms with Crippen molar-refractivity contribution in [1.29, 1.82) is 0 Å². The fourth-order valence-corrected chi connectivity index (χ4v) is 3.72. The van der Waals surface area contributed by atoms with Gasteiger partial charge in [-0.15, -0.1) is 0 Å². The lowest BCUT2D eigenvalue weighted by Gasteiger charge is -2.29. The molecule has 1 fully saturated rings. The van der Waals surface area contributed by atoms with Crippen LogP contribution in [0.1, 0.15) is 71.6 Å². The predicted molar refractivity (Wildman–Crippen MR) is 136 cm³/mol. The zero-order chi connectivity index (χ0) is 30.1. The Bertz CT molecular complexity index is 657. The first-order valence-electron chi connectivity index (χ1n) is 12.6. The first kappa shape index (κ1) is 38.2. The van der Waals surface area contributed by atoms with Crippen molar-refractivity contribution >= 4 is 17.9 Å². The third-order valence-corrected chi connectivity index (χ3v) is 6.11. The summed E-state index contributed by atoms with van der Waals surface area (Å²) in [6.45, 7) is 2.88. The van der Waals surface area contributed by atoms with E-state index in [1.807, 2.05) is 13.8 Å². The summed E-state index contributed by atoms with van der Waals surface area (Å²) in [5, 5.41) is 78.7. The molecule has 0 bridgehead atoms. The monoisotopic (exact) mass is 556 g/mol. The van der Waals surface area contributed by atoms with E-state index in [1.165, 1.54) is 32.1 Å². The molecule has 0 heterocycles. The normalized spacial score (nSPS) is 16.8. The largest absolute Gasteiger partial charge is 0.481 e. The molecular weight excluding hydrogens is 508 g/mol. The highest BCUT2D eigenvalue weighted by atomic mass is 16.4. The summed E-state index contributed by atoms with van der Waals surface area (Å²) >= 11 is 0. The summed E-state index contributed by atoms with van der Waals surface area (Å²) in [5.41, 5.74) is 7.21. The van der Waals surface area contributed by atoms with Crippen molar-refractivity contribution in [1.82, 2.24) is 0 Å². The van der Waals surface area contributed by atoms with Crippen molar-refractivity contribution in [2.75, 3.05) is 19.8 Å². The fourth-order valence-electron chi connectivity index (χ4n) is 3.72. The molecule has 0 aliphatic heterocycles. The predicted octanol–water partition coefficient (Wildman–Crippen LogP) is -1.54. The van der Waals surface area contributed by atoms with E-state index >= 15 is 0 Å². The standard InChI is InChI=1S/C14H29NO2.C6H8O7.C4H11NO3/c1-10(2)8-13(16)14(17)12(15)9-11-6-4-3-5-7-11;7-3(8)1-6(13,5(11)12)2-4(9)10;5-4(1-6,2-7)3-8/h10-14,16-17H,3-9,15H2,1-2H3;13H,1-2H2,(H,7,8)(H,9,10)(H,11,12);6-8H,1-3,5H2/t12-,13-,14+;;/m0../s1. The van der Waals surface area contributed by atoms with E-state index in [1.54, 1.807) is 0 Å². The topological polar surface area (TPSA) is 285 Å². The van der Waals surface area contributed by atoms with Crippen molar-refractivity contribution < 1.29 is 60.3 Å². The molecule has 3 atom stereocenters. The molecule has 226 valence electrons. The van der Waals surface area contributed by atoms with E-state index in [4.69, 9.17) is 47.2 Å². The average molecular weight is 557 g/mol. The molecule has 0 spiro atoms. The molecule has 0 unspecified atom stereocenters. The highest BCUT2D eigenvalue weighted by molar-refractivity contribution is 5.88. The Morgan fingerprint density at radius 2 is 1.29 bits per heavy atom. The van der Waals surface area contributed by atoms with Crippen LogP contribution in [0.3, 0.4) is 0 Å². The van der Waals surface area contributed by atoms with Crippen molar-refractivity contribution in [3.63, 3.8) is 0 Å². The first-order chi connectivity index (χ1) is 17.5. The summed E-state index contributed by atoms with van der Waals surface area (Å²) in [5.74, 6) is -3.98. The van der Waals surface area contributed by atoms with Crippen molar-refractivity contribution in [3.8, 4) is 0 Å². The summed E-state index contributed by atoms with van der Waals surface area (Å²) < 4.78 is 0. The van der Waals surface area contributed by atoms with Gasteiger partial charge in [-0.1, -0.05) is 46.0 Å². The molecule has 13 N–H and O–H groups in total. The Morgan fingerprint density at radius 3 is 1.58 bits per heavy atom. The van der Waals surface area contributed by atoms with Gasteiger partial charge in [0.2, 0.25) is 0 Å². The number of carboxylic acids is 3. The Hall–Kier alpha value is -1.91. The van der Waals surface area contributed by atoms with Gasteiger partial charge >= 0.3 is 17.9 Å². The van der Waals surface area contributed by atoms with Gasteiger partial charge in [0.15, 0.2) is 5.60 Å². The lowest BCUT2D eigenvalue weighted by molar-refractivity contribution is -0.170. The maximum absolute atomic E-state index is 10.3. The Balaban J connectivity index is 0. The average Bonchev–Trinajstić information content (AvgIpc) is 2.83. The summed E-state index contributed by atoms with van der Waals surface area (Å²) in [4.78, 5) is 30.5. The third kappa shape index (κ3) is 16.8. The van der Waals surface area contributed by atoms with E-state index in [2.05, 4.69) is 0 Å². The van der Waals surface area contributed by atoms with Gasteiger partial charge in [-0.2, -0.15) is 0 Å². The SMILES string of the molecule is CC(C)C[C@H](O)[C@H](O)[C@@H](N)CC1CCCCC1.NC(CO)(CO)CO.O=C(O)CC(O)(CC(=O)O)C(=O)O. The van der Waals surface area contributed by atoms with Gasteiger partial charge in [0, 0.05) is 6.04 Å². The van der Waals surface area contributed by atoms with Crippen LogP contribution in [0.5, 0.6) is 0 Å². The van der Waals surface area contributed by atoms with Crippen LogP contribution in [0.15, 0.2) is 0 Å². The van der Waals surface area contributed by atoms with Crippen molar-refractivity contribution in [2.24, 2.45) is 23.3 Å². The smallest absolute Gasteiger partial charge is 0.336 e. The maximum Gasteiger partial charge on any atom is 0.336 e. The number of aliphatic hydroxyl groups is 6. The van der Waals surface area contributed by atoms with E-state index in [-0.39, 0.29) is 6.04 Å². The van der Waals surface area contributed by atoms with Crippen LogP contribution in [0, 0.1) is 11.8 Å². The van der Waals surface area contributed by atoms with Gasteiger partial charge in [0.25, 0.3) is 0 Å². The number of carboxylic acid groups (broad SMARTS) is 3. The molecule has 0 amide bonds. The summed E-state index contributed by atoms with van der Waals surface area (Å²) in [7, 11) is 0. The molecule has 1 saturated carbocycles. The van der Waals surface area contributed by atoms with Crippen LogP contribution in [0.2, 0.25) is 0 Å². The molecule has 0 saturated heterocycles. The molecule has 1 aliphatic rings. The van der Waals surface area contributed by atoms with Crippen molar-refractivity contribution in [3.05, 3.63) is 0 Å². The number of aliphatic hydroxyl groups excluding tert-OH is 5. The van der Waals surface area contributed by atoms with Crippen LogP contribution in [0.4, 0.5) is 0 Å². The minimum Gasteiger partial charge on any atom is -0.481 e. The van der Waals surface area contributed by atoms with E-state index in [9.17, 15) is 24.6 Å². The van der Waals surface area contributed by atoms with E-state index in [0.29, 0.717) is 18.3 Å². The lowest BCUT2D eigenvalue weighted by Crippen LogP contribution is -2.50. The molecule has 14 nitrogen and oxygen atoms in total. The van der Waals surface area contributed by atoms with E-state index in [0.717, 1.165) is 6.42 Å². The zero-order valence-corrected chi connectivity index (χ0v) is 22.3. The first-order valence-corrected chi connectivity index (χ1v) is 12.6. The summed E-state index contributed by atoms with van der Waals surface area (Å²) in [6.07, 6.45) is 4.15. The third-order valence-electron chi connectivity index (χ3n) is 6.11. The van der Waals surface area contributed by atoms with Gasteiger partial charge in [-0.3, -0.25) is 9.59 Å². The second kappa shape index (κ2) is 19.2. The second-order valence-corrected chi connectivity index (χ2v) is 10.4. The molecular formula is C24H48N2O12. The Labute approximate surface area is 222 Å². The maximum atomic E-state index is 10.3. The quantitative estimate of drug-likeness (QED) is 0.116. The van der Waals surface area contributed by atoms with Gasteiger partial charge in [-0.05, 0) is 24.7 Å². The Kier molecular flexibility index (Phi) is 19.3. The van der Waals surface area contributed by atoms with Gasteiger partial charge in [-0.25, -0.2) is 4.79 Å². The summed E-state index contributed by atoms with van der Waals surface area (Å²) in [6, 6.07) is -0.271. The molecule has 0 aromatic heterocycles. The lowest BCUT2D eigenvalue weighted by atomic mass is 9.83. The highest BCUT2D eigenvalue weighted by Gasteiger charge is 2.40. The van der Waals surface area contributed by atoms with Crippen LogP contribution in [-0.2, 0) is 14.4 Å². The number of carbonyl (C=O) groups is 3. The van der Waals surface area contributed by atoms with Crippen molar-refractivity contribution in [2.45, 2.75) is 101 Å². The molecule has 1 aliphatic carbocycles. The second-order valence-electron chi connectivity index (χ2n) is 10.4. The molecule has 0 radical (unpaired) electrons. The molecule has 38 heavy (non-hydrogen) atoms. The number of aliphatic carboxylic acids is 3. The zero-order valence-electron chi connectivity index (χ0n) is 22.3. The van der Waals surface area contributed by atoms with Crippen LogP contribution >= 0.6 is 0 Å². The number of rotatable bonds is 14. The highest BCUT2D eigenvalue weighted by Crippen LogP contribution is 2.28. The van der Waals surface area contributed by atoms with Gasteiger partial charge in [0.05, 0.1) is 50.4 Å². The molecule has 0 aromatic carbocycles.